The molecule has 1 unspecified atom stereocenters. The van der Waals surface area contributed by atoms with Crippen LogP contribution in [0.1, 0.15) is 17.2 Å². The highest BCUT2D eigenvalue weighted by atomic mass is 35.5. The number of carbonyl (C=O) groups excluding carboxylic acids is 1. The number of hydrogen-bond donors (Lipinski definition) is 1. The summed E-state index contributed by atoms with van der Waals surface area (Å²) in [6.45, 7) is 1.89. The lowest BCUT2D eigenvalue weighted by atomic mass is 10.0. The summed E-state index contributed by atoms with van der Waals surface area (Å²) in [5.41, 5.74) is 0.333. The van der Waals surface area contributed by atoms with Crippen molar-refractivity contribution in [3.63, 3.8) is 0 Å². The first-order chi connectivity index (χ1) is 9.27. The number of alkyl halides is 2. The van der Waals surface area contributed by atoms with Crippen LogP contribution in [-0.2, 0) is 9.53 Å². The third-order valence-electron chi connectivity index (χ3n) is 2.55. The molecule has 0 aliphatic rings. The fraction of sp³-hybridized carbons (Fsp3) is 0.308. The number of carbonyl (C=O) groups is 1. The summed E-state index contributed by atoms with van der Waals surface area (Å²) in [4.78, 5) is 11.3. The van der Waals surface area contributed by atoms with E-state index in [1.54, 1.807) is 0 Å². The number of aryl methyl sites for hydroxylation is 1. The molecular weight excluding hydrogens is 294 g/mol. The zero-order chi connectivity index (χ0) is 15.4. The molecule has 0 amide bonds. The molecule has 0 aliphatic heterocycles. The van der Waals surface area contributed by atoms with Crippen LogP contribution in [0.15, 0.2) is 24.3 Å². The molecule has 1 aromatic rings. The van der Waals surface area contributed by atoms with E-state index in [0.717, 1.165) is 7.11 Å². The van der Waals surface area contributed by atoms with E-state index in [1.165, 1.54) is 19.1 Å². The average molecular weight is 307 g/mol. The summed E-state index contributed by atoms with van der Waals surface area (Å²) in [6.07, 6.45) is -1.35. The summed E-state index contributed by atoms with van der Waals surface area (Å²) >= 11 is 5.83. The van der Waals surface area contributed by atoms with Crippen LogP contribution < -0.4 is 4.74 Å². The number of esters is 1. The van der Waals surface area contributed by atoms with Crippen LogP contribution in [0, 0.1) is 6.92 Å². The van der Waals surface area contributed by atoms with Crippen LogP contribution in [0.4, 0.5) is 8.78 Å². The van der Waals surface area contributed by atoms with E-state index < -0.39 is 18.7 Å². The highest BCUT2D eigenvalue weighted by Gasteiger charge is 2.21. The zero-order valence-corrected chi connectivity index (χ0v) is 11.6. The molecule has 0 radical (unpaired) electrons. The lowest BCUT2D eigenvalue weighted by molar-refractivity contribution is -0.137. The molecule has 1 rings (SSSR count). The first-order valence-corrected chi connectivity index (χ1v) is 5.85. The maximum absolute atomic E-state index is 12.2. The Kier molecular flexibility index (Phi) is 5.47. The largest absolute Gasteiger partial charge is 0.466 e. The Morgan fingerprint density at radius 1 is 1.45 bits per heavy atom. The van der Waals surface area contributed by atoms with Crippen molar-refractivity contribution >= 4 is 17.6 Å². The van der Waals surface area contributed by atoms with Gasteiger partial charge in [-0.15, -0.1) is 0 Å². The average Bonchev–Trinajstić information content (AvgIpc) is 2.39. The number of hydrogen-bond acceptors (Lipinski definition) is 4. The first kappa shape index (κ1) is 16.4. The van der Waals surface area contributed by atoms with Gasteiger partial charge >= 0.3 is 12.6 Å². The summed E-state index contributed by atoms with van der Waals surface area (Å²) < 4.78 is 33.1. The Balaban J connectivity index is 3.10. The van der Waals surface area contributed by atoms with Gasteiger partial charge in [-0.3, -0.25) is 0 Å². The first-order valence-electron chi connectivity index (χ1n) is 5.48. The number of aliphatic hydroxyl groups excluding tert-OH is 1. The van der Waals surface area contributed by atoms with Gasteiger partial charge in [0, 0.05) is 0 Å². The predicted octanol–water partition coefficient (Wildman–Crippen LogP) is 3.01. The van der Waals surface area contributed by atoms with Gasteiger partial charge in [0.2, 0.25) is 0 Å². The number of ether oxygens (including phenoxy) is 2. The van der Waals surface area contributed by atoms with Crippen molar-refractivity contribution in [3.8, 4) is 5.75 Å². The molecule has 110 valence electrons. The van der Waals surface area contributed by atoms with Crippen LogP contribution >= 0.6 is 11.6 Å². The molecule has 0 heterocycles. The Morgan fingerprint density at radius 3 is 2.50 bits per heavy atom. The number of benzene rings is 1. The topological polar surface area (TPSA) is 55.8 Å². The van der Waals surface area contributed by atoms with Crippen LogP contribution in [0.5, 0.6) is 5.75 Å². The highest BCUT2D eigenvalue weighted by molar-refractivity contribution is 6.32. The van der Waals surface area contributed by atoms with Gasteiger partial charge in [-0.05, 0) is 30.2 Å². The smallest absolute Gasteiger partial charge is 0.387 e. The van der Waals surface area contributed by atoms with E-state index in [1.807, 2.05) is 0 Å². The summed E-state index contributed by atoms with van der Waals surface area (Å²) in [5, 5.41) is 9.86. The van der Waals surface area contributed by atoms with Gasteiger partial charge in [0.1, 0.15) is 11.9 Å². The van der Waals surface area contributed by atoms with Crippen molar-refractivity contribution in [1.82, 2.24) is 0 Å². The number of rotatable bonds is 5. The van der Waals surface area contributed by atoms with E-state index >= 15 is 0 Å². The SMILES string of the molecule is C=C(C(=O)OC)C(O)c1cc(C)c(OC(F)F)c(Cl)c1. The van der Waals surface area contributed by atoms with Crippen LogP contribution in [0.25, 0.3) is 0 Å². The minimum Gasteiger partial charge on any atom is -0.466 e. The fourth-order valence-corrected chi connectivity index (χ4v) is 1.92. The number of halogens is 3. The number of aliphatic hydroxyl groups is 1. The molecule has 0 aromatic heterocycles. The molecule has 1 atom stereocenters. The molecule has 0 spiro atoms. The number of methoxy groups -OCH3 is 1. The van der Waals surface area contributed by atoms with E-state index in [9.17, 15) is 18.7 Å². The maximum Gasteiger partial charge on any atom is 0.387 e. The second-order valence-corrected chi connectivity index (χ2v) is 4.35. The van der Waals surface area contributed by atoms with Crippen molar-refractivity contribution < 1.29 is 28.2 Å². The van der Waals surface area contributed by atoms with Gasteiger partial charge in [0.05, 0.1) is 17.7 Å². The quantitative estimate of drug-likeness (QED) is 0.671. The van der Waals surface area contributed by atoms with Gasteiger partial charge in [0.15, 0.2) is 0 Å². The molecule has 7 heteroatoms. The molecule has 0 saturated carbocycles. The van der Waals surface area contributed by atoms with Crippen molar-refractivity contribution in [3.05, 3.63) is 40.4 Å². The second-order valence-electron chi connectivity index (χ2n) is 3.95. The Bertz CT molecular complexity index is 508. The summed E-state index contributed by atoms with van der Waals surface area (Å²) in [6, 6.07) is 2.60. The van der Waals surface area contributed by atoms with Crippen molar-refractivity contribution in [1.29, 1.82) is 0 Å². The van der Waals surface area contributed by atoms with Gasteiger partial charge < -0.3 is 14.6 Å². The van der Waals surface area contributed by atoms with Gasteiger partial charge in [-0.1, -0.05) is 18.2 Å². The van der Waals surface area contributed by atoms with Gasteiger partial charge in [-0.25, -0.2) is 4.79 Å². The van der Waals surface area contributed by atoms with E-state index in [0.29, 0.717) is 5.56 Å². The van der Waals surface area contributed by atoms with Crippen molar-refractivity contribution in [2.75, 3.05) is 7.11 Å². The van der Waals surface area contributed by atoms with E-state index in [2.05, 4.69) is 16.1 Å². The molecule has 0 saturated heterocycles. The molecule has 20 heavy (non-hydrogen) atoms. The molecule has 1 aromatic carbocycles. The van der Waals surface area contributed by atoms with Crippen LogP contribution in [-0.4, -0.2) is 24.8 Å². The lowest BCUT2D eigenvalue weighted by Gasteiger charge is -2.16. The summed E-state index contributed by atoms with van der Waals surface area (Å²) in [5.74, 6) is -0.958. The molecule has 1 N–H and O–H groups in total. The Labute approximate surface area is 119 Å². The predicted molar refractivity (Wildman–Crippen MR) is 68.9 cm³/mol. The molecule has 0 fully saturated rings. The third kappa shape index (κ3) is 3.68. The molecular formula is C13H13ClF2O4. The van der Waals surface area contributed by atoms with Crippen LogP contribution in [0.3, 0.4) is 0 Å². The molecule has 0 bridgehead atoms. The molecule has 0 aliphatic carbocycles. The minimum atomic E-state index is -3.01. The maximum atomic E-state index is 12.2. The van der Waals surface area contributed by atoms with Crippen molar-refractivity contribution in [2.24, 2.45) is 0 Å². The van der Waals surface area contributed by atoms with Crippen molar-refractivity contribution in [2.45, 2.75) is 19.6 Å². The second kappa shape index (κ2) is 6.67. The Hall–Kier alpha value is -1.66. The molecule has 4 nitrogen and oxygen atoms in total. The van der Waals surface area contributed by atoms with Gasteiger partial charge in [0.25, 0.3) is 0 Å². The van der Waals surface area contributed by atoms with Crippen LogP contribution in [0.2, 0.25) is 5.02 Å². The highest BCUT2D eigenvalue weighted by Crippen LogP contribution is 2.34. The minimum absolute atomic E-state index is 0.1000. The van der Waals surface area contributed by atoms with Gasteiger partial charge in [-0.2, -0.15) is 8.78 Å². The zero-order valence-electron chi connectivity index (χ0n) is 10.8. The third-order valence-corrected chi connectivity index (χ3v) is 2.83. The normalized spacial score (nSPS) is 12.2. The Morgan fingerprint density at radius 2 is 2.05 bits per heavy atom. The fourth-order valence-electron chi connectivity index (χ4n) is 1.60. The monoisotopic (exact) mass is 306 g/mol. The lowest BCUT2D eigenvalue weighted by Crippen LogP contribution is -2.12. The standard InChI is InChI=1S/C13H13ClF2O4/c1-6-4-8(10(17)7(2)12(18)19-3)5-9(14)11(6)20-13(15)16/h4-5,10,13,17H,2H2,1,3H3. The van der Waals surface area contributed by atoms with E-state index in [-0.39, 0.29) is 21.9 Å². The summed E-state index contributed by atoms with van der Waals surface area (Å²) in [7, 11) is 1.15. The van der Waals surface area contributed by atoms with E-state index in [4.69, 9.17) is 11.6 Å².